The lowest BCUT2D eigenvalue weighted by Gasteiger charge is -2.16. The van der Waals surface area contributed by atoms with Gasteiger partial charge in [-0.05, 0) is 55.8 Å². The summed E-state index contributed by atoms with van der Waals surface area (Å²) in [6.45, 7) is 3.14. The Hall–Kier alpha value is -3.02. The van der Waals surface area contributed by atoms with Gasteiger partial charge in [0.2, 0.25) is 5.91 Å². The maximum atomic E-state index is 12.1. The fraction of sp³-hybridized carbons (Fsp3) is 0.300. The lowest BCUT2D eigenvalue weighted by atomic mass is 10.2. The molecule has 0 aliphatic carbocycles. The van der Waals surface area contributed by atoms with Crippen molar-refractivity contribution in [3.63, 3.8) is 0 Å². The van der Waals surface area contributed by atoms with Crippen LogP contribution in [0.2, 0.25) is 0 Å². The van der Waals surface area contributed by atoms with Crippen molar-refractivity contribution < 1.29 is 19.1 Å². The number of anilines is 2. The van der Waals surface area contributed by atoms with Gasteiger partial charge in [-0.25, -0.2) is 0 Å². The van der Waals surface area contributed by atoms with E-state index in [-0.39, 0.29) is 18.4 Å². The highest BCUT2D eigenvalue weighted by atomic mass is 16.5. The first-order chi connectivity index (χ1) is 12.7. The molecule has 0 atom stereocenters. The quantitative estimate of drug-likeness (QED) is 0.829. The molecule has 1 fully saturated rings. The van der Waals surface area contributed by atoms with E-state index >= 15 is 0 Å². The van der Waals surface area contributed by atoms with Gasteiger partial charge >= 0.3 is 0 Å². The summed E-state index contributed by atoms with van der Waals surface area (Å²) in [5, 5.41) is 2.80. The van der Waals surface area contributed by atoms with Crippen LogP contribution in [0.25, 0.3) is 0 Å². The summed E-state index contributed by atoms with van der Waals surface area (Å²) < 4.78 is 10.9. The SMILES string of the molecule is CCOc1ccc(OCC(=O)Nc2cccc(N3CCCC3=O)c2)cc1. The third-order valence-corrected chi connectivity index (χ3v) is 4.02. The molecular weight excluding hydrogens is 332 g/mol. The summed E-state index contributed by atoms with van der Waals surface area (Å²) in [4.78, 5) is 25.7. The van der Waals surface area contributed by atoms with Crippen molar-refractivity contribution in [2.75, 3.05) is 30.0 Å². The predicted molar refractivity (Wildman–Crippen MR) is 99.8 cm³/mol. The molecule has 0 spiro atoms. The van der Waals surface area contributed by atoms with Crippen LogP contribution in [-0.2, 0) is 9.59 Å². The van der Waals surface area contributed by atoms with Gasteiger partial charge in [-0.15, -0.1) is 0 Å². The van der Waals surface area contributed by atoms with E-state index in [1.807, 2.05) is 19.1 Å². The third-order valence-electron chi connectivity index (χ3n) is 4.02. The highest BCUT2D eigenvalue weighted by molar-refractivity contribution is 5.97. The highest BCUT2D eigenvalue weighted by Gasteiger charge is 2.21. The number of nitrogens with one attached hydrogen (secondary N) is 1. The van der Waals surface area contributed by atoms with Gasteiger partial charge in [0.1, 0.15) is 11.5 Å². The number of rotatable bonds is 7. The van der Waals surface area contributed by atoms with Crippen molar-refractivity contribution in [3.05, 3.63) is 48.5 Å². The van der Waals surface area contributed by atoms with Crippen LogP contribution in [0.4, 0.5) is 11.4 Å². The molecule has 3 rings (SSSR count). The van der Waals surface area contributed by atoms with E-state index in [9.17, 15) is 9.59 Å². The van der Waals surface area contributed by atoms with Crippen LogP contribution >= 0.6 is 0 Å². The summed E-state index contributed by atoms with van der Waals surface area (Å²) in [7, 11) is 0. The van der Waals surface area contributed by atoms with Gasteiger partial charge < -0.3 is 19.7 Å². The molecule has 1 aliphatic rings. The van der Waals surface area contributed by atoms with Gasteiger partial charge in [0.25, 0.3) is 5.91 Å². The van der Waals surface area contributed by atoms with E-state index in [1.165, 1.54) is 0 Å². The Morgan fingerprint density at radius 2 is 1.85 bits per heavy atom. The number of hydrogen-bond donors (Lipinski definition) is 1. The van der Waals surface area contributed by atoms with Crippen molar-refractivity contribution in [1.82, 2.24) is 0 Å². The van der Waals surface area contributed by atoms with Crippen molar-refractivity contribution in [2.45, 2.75) is 19.8 Å². The topological polar surface area (TPSA) is 67.9 Å². The zero-order valence-corrected chi connectivity index (χ0v) is 14.7. The molecule has 0 saturated carbocycles. The van der Waals surface area contributed by atoms with E-state index in [2.05, 4.69) is 5.32 Å². The molecule has 26 heavy (non-hydrogen) atoms. The van der Waals surface area contributed by atoms with Crippen LogP contribution in [0.1, 0.15) is 19.8 Å². The van der Waals surface area contributed by atoms with Crippen molar-refractivity contribution in [1.29, 1.82) is 0 Å². The summed E-state index contributed by atoms with van der Waals surface area (Å²) in [6, 6.07) is 14.4. The minimum absolute atomic E-state index is 0.0964. The smallest absolute Gasteiger partial charge is 0.262 e. The number of carbonyl (C=O) groups is 2. The molecule has 1 aliphatic heterocycles. The second-order valence-corrected chi connectivity index (χ2v) is 5.94. The monoisotopic (exact) mass is 354 g/mol. The molecule has 0 radical (unpaired) electrons. The average Bonchev–Trinajstić information content (AvgIpc) is 3.08. The van der Waals surface area contributed by atoms with Crippen LogP contribution in [0, 0.1) is 0 Å². The van der Waals surface area contributed by atoms with Crippen LogP contribution in [0.3, 0.4) is 0 Å². The third kappa shape index (κ3) is 4.53. The molecular formula is C20H22N2O4. The van der Waals surface area contributed by atoms with E-state index in [0.717, 1.165) is 24.4 Å². The first-order valence-corrected chi connectivity index (χ1v) is 8.71. The lowest BCUT2D eigenvalue weighted by Crippen LogP contribution is -2.24. The molecule has 136 valence electrons. The maximum absolute atomic E-state index is 12.1. The van der Waals surface area contributed by atoms with E-state index in [1.54, 1.807) is 41.3 Å². The molecule has 6 heteroatoms. The Morgan fingerprint density at radius 3 is 2.50 bits per heavy atom. The Morgan fingerprint density at radius 1 is 1.12 bits per heavy atom. The number of amides is 2. The number of carbonyl (C=O) groups excluding carboxylic acids is 2. The fourth-order valence-electron chi connectivity index (χ4n) is 2.82. The molecule has 1 heterocycles. The second kappa shape index (κ2) is 8.38. The average molecular weight is 354 g/mol. The number of ether oxygens (including phenoxy) is 2. The molecule has 0 aromatic heterocycles. The number of hydrogen-bond acceptors (Lipinski definition) is 4. The highest BCUT2D eigenvalue weighted by Crippen LogP contribution is 2.24. The predicted octanol–water partition coefficient (Wildman–Crippen LogP) is 3.23. The number of benzene rings is 2. The lowest BCUT2D eigenvalue weighted by molar-refractivity contribution is -0.118. The van der Waals surface area contributed by atoms with Gasteiger partial charge in [0, 0.05) is 24.3 Å². The molecule has 2 aromatic rings. The first-order valence-electron chi connectivity index (χ1n) is 8.71. The Balaban J connectivity index is 1.54. The van der Waals surface area contributed by atoms with Crippen molar-refractivity contribution in [2.24, 2.45) is 0 Å². The largest absolute Gasteiger partial charge is 0.494 e. The molecule has 6 nitrogen and oxygen atoms in total. The first kappa shape index (κ1) is 17.8. The molecule has 1 saturated heterocycles. The van der Waals surface area contributed by atoms with Crippen LogP contribution in [0.5, 0.6) is 11.5 Å². The summed E-state index contributed by atoms with van der Waals surface area (Å²) in [5.74, 6) is 1.22. The van der Waals surface area contributed by atoms with Crippen LogP contribution in [0.15, 0.2) is 48.5 Å². The van der Waals surface area contributed by atoms with Gasteiger partial charge in [0.05, 0.1) is 6.61 Å². The zero-order valence-electron chi connectivity index (χ0n) is 14.7. The standard InChI is InChI=1S/C20H22N2O4/c1-2-25-17-8-10-18(11-9-17)26-14-19(23)21-15-5-3-6-16(13-15)22-12-4-7-20(22)24/h3,5-6,8-11,13H,2,4,7,12,14H2,1H3,(H,21,23). The van der Waals surface area contributed by atoms with Gasteiger partial charge in [-0.2, -0.15) is 0 Å². The van der Waals surface area contributed by atoms with Crippen molar-refractivity contribution in [3.8, 4) is 11.5 Å². The zero-order chi connectivity index (χ0) is 18.4. The van der Waals surface area contributed by atoms with Gasteiger partial charge in [0.15, 0.2) is 6.61 Å². The molecule has 0 bridgehead atoms. The Kier molecular flexibility index (Phi) is 5.73. The number of nitrogens with zero attached hydrogens (tertiary/aromatic N) is 1. The van der Waals surface area contributed by atoms with Crippen LogP contribution in [-0.4, -0.2) is 31.6 Å². The van der Waals surface area contributed by atoms with Crippen molar-refractivity contribution >= 4 is 23.2 Å². The fourth-order valence-corrected chi connectivity index (χ4v) is 2.82. The molecule has 1 N–H and O–H groups in total. The van der Waals surface area contributed by atoms with E-state index in [0.29, 0.717) is 24.5 Å². The van der Waals surface area contributed by atoms with Gasteiger partial charge in [-0.3, -0.25) is 9.59 Å². The summed E-state index contributed by atoms with van der Waals surface area (Å²) in [5.41, 5.74) is 1.44. The van der Waals surface area contributed by atoms with Crippen LogP contribution < -0.4 is 19.7 Å². The Labute approximate surface area is 152 Å². The molecule has 2 amide bonds. The van der Waals surface area contributed by atoms with E-state index < -0.39 is 0 Å². The minimum atomic E-state index is -0.260. The Bertz CT molecular complexity index is 774. The van der Waals surface area contributed by atoms with E-state index in [4.69, 9.17) is 9.47 Å². The normalized spacial score (nSPS) is 13.6. The molecule has 0 unspecified atom stereocenters. The summed E-state index contributed by atoms with van der Waals surface area (Å²) >= 11 is 0. The molecule has 2 aromatic carbocycles. The minimum Gasteiger partial charge on any atom is -0.494 e. The summed E-state index contributed by atoms with van der Waals surface area (Å²) in [6.07, 6.45) is 1.44. The second-order valence-electron chi connectivity index (χ2n) is 5.94. The maximum Gasteiger partial charge on any atom is 0.262 e. The van der Waals surface area contributed by atoms with Gasteiger partial charge in [-0.1, -0.05) is 6.07 Å².